The van der Waals surface area contributed by atoms with Crippen molar-refractivity contribution >= 4 is 5.91 Å². The molecule has 1 saturated heterocycles. The van der Waals surface area contributed by atoms with E-state index in [4.69, 9.17) is 0 Å². The third-order valence-corrected chi connectivity index (χ3v) is 3.89. The van der Waals surface area contributed by atoms with Crippen LogP contribution in [0.2, 0.25) is 0 Å². The first-order valence-corrected chi connectivity index (χ1v) is 7.34. The van der Waals surface area contributed by atoms with Gasteiger partial charge in [0.05, 0.1) is 6.04 Å². The summed E-state index contributed by atoms with van der Waals surface area (Å²) < 4.78 is 0. The van der Waals surface area contributed by atoms with E-state index in [9.17, 15) is 4.79 Å². The van der Waals surface area contributed by atoms with Crippen LogP contribution in [-0.2, 0) is 4.79 Å². The summed E-state index contributed by atoms with van der Waals surface area (Å²) in [7, 11) is 0. The zero-order valence-corrected chi connectivity index (χ0v) is 11.7. The summed E-state index contributed by atoms with van der Waals surface area (Å²) in [4.78, 5) is 12.0. The number of nitrogens with one attached hydrogen (secondary N) is 2. The molecule has 2 rings (SSSR count). The van der Waals surface area contributed by atoms with Gasteiger partial charge in [-0.25, -0.2) is 0 Å². The van der Waals surface area contributed by atoms with E-state index in [0.717, 1.165) is 25.9 Å². The summed E-state index contributed by atoms with van der Waals surface area (Å²) in [5.74, 6) is 0.866. The Labute approximate surface area is 115 Å². The fourth-order valence-corrected chi connectivity index (χ4v) is 2.67. The molecule has 1 amide bonds. The summed E-state index contributed by atoms with van der Waals surface area (Å²) in [6.45, 7) is 4.29. The molecule has 19 heavy (non-hydrogen) atoms. The smallest absolute Gasteiger partial charge is 0.220 e. The van der Waals surface area contributed by atoms with Crippen molar-refractivity contribution in [1.82, 2.24) is 10.6 Å². The van der Waals surface area contributed by atoms with Crippen LogP contribution in [0.25, 0.3) is 0 Å². The van der Waals surface area contributed by atoms with Crippen molar-refractivity contribution in [1.29, 1.82) is 0 Å². The molecule has 2 N–H and O–H groups in total. The lowest BCUT2D eigenvalue weighted by molar-refractivity contribution is -0.122. The van der Waals surface area contributed by atoms with E-state index in [-0.39, 0.29) is 11.9 Å². The van der Waals surface area contributed by atoms with E-state index in [1.54, 1.807) is 0 Å². The minimum absolute atomic E-state index is 0.149. The van der Waals surface area contributed by atoms with Crippen molar-refractivity contribution in [2.45, 2.75) is 38.6 Å². The Morgan fingerprint density at radius 3 is 2.84 bits per heavy atom. The summed E-state index contributed by atoms with van der Waals surface area (Å²) in [6, 6.07) is 10.4. The molecule has 2 atom stereocenters. The van der Waals surface area contributed by atoms with Crippen molar-refractivity contribution in [3.05, 3.63) is 35.9 Å². The molecule has 3 heteroatoms. The SMILES string of the molecule is CCC(NC(=O)CCC1CCNC1)c1ccccc1. The van der Waals surface area contributed by atoms with E-state index >= 15 is 0 Å². The predicted molar refractivity (Wildman–Crippen MR) is 77.8 cm³/mol. The van der Waals surface area contributed by atoms with Crippen molar-refractivity contribution in [3.63, 3.8) is 0 Å². The number of hydrogen-bond acceptors (Lipinski definition) is 2. The molecule has 0 bridgehead atoms. The number of carbonyl (C=O) groups is 1. The molecule has 1 aromatic carbocycles. The lowest BCUT2D eigenvalue weighted by Crippen LogP contribution is -2.28. The lowest BCUT2D eigenvalue weighted by atomic mass is 10.0. The van der Waals surface area contributed by atoms with Gasteiger partial charge in [-0.1, -0.05) is 37.3 Å². The van der Waals surface area contributed by atoms with Crippen molar-refractivity contribution in [2.24, 2.45) is 5.92 Å². The topological polar surface area (TPSA) is 41.1 Å². The van der Waals surface area contributed by atoms with Crippen LogP contribution in [0.3, 0.4) is 0 Å². The third-order valence-electron chi connectivity index (χ3n) is 3.89. The standard InChI is InChI=1S/C16H24N2O/c1-2-15(14-6-4-3-5-7-14)18-16(19)9-8-13-10-11-17-12-13/h3-7,13,15,17H,2,8-12H2,1H3,(H,18,19). The Hall–Kier alpha value is -1.35. The zero-order chi connectivity index (χ0) is 13.5. The van der Waals surface area contributed by atoms with Gasteiger partial charge in [0.25, 0.3) is 0 Å². The van der Waals surface area contributed by atoms with Gasteiger partial charge in [0.2, 0.25) is 5.91 Å². The molecule has 104 valence electrons. The second-order valence-electron chi connectivity index (χ2n) is 5.34. The molecule has 3 nitrogen and oxygen atoms in total. The Bertz CT molecular complexity index is 385. The lowest BCUT2D eigenvalue weighted by Gasteiger charge is -2.18. The van der Waals surface area contributed by atoms with E-state index in [1.165, 1.54) is 12.0 Å². The Morgan fingerprint density at radius 1 is 1.42 bits per heavy atom. The van der Waals surface area contributed by atoms with Gasteiger partial charge in [-0.15, -0.1) is 0 Å². The maximum Gasteiger partial charge on any atom is 0.220 e. The monoisotopic (exact) mass is 260 g/mol. The van der Waals surface area contributed by atoms with Gasteiger partial charge in [0.1, 0.15) is 0 Å². The van der Waals surface area contributed by atoms with Crippen LogP contribution < -0.4 is 10.6 Å². The van der Waals surface area contributed by atoms with Gasteiger partial charge in [-0.3, -0.25) is 4.79 Å². The van der Waals surface area contributed by atoms with Crippen LogP contribution >= 0.6 is 0 Å². The summed E-state index contributed by atoms with van der Waals surface area (Å²) in [5, 5.41) is 6.49. The molecule has 0 aromatic heterocycles. The largest absolute Gasteiger partial charge is 0.349 e. The van der Waals surface area contributed by atoms with E-state index in [0.29, 0.717) is 12.3 Å². The molecule has 0 radical (unpaired) electrons. The number of carbonyl (C=O) groups excluding carboxylic acids is 1. The molecule has 1 aliphatic heterocycles. The zero-order valence-electron chi connectivity index (χ0n) is 11.7. The molecule has 0 saturated carbocycles. The minimum atomic E-state index is 0.149. The van der Waals surface area contributed by atoms with Gasteiger partial charge >= 0.3 is 0 Å². The maximum absolute atomic E-state index is 12.0. The van der Waals surface area contributed by atoms with Gasteiger partial charge in [0.15, 0.2) is 0 Å². The van der Waals surface area contributed by atoms with Crippen molar-refractivity contribution in [3.8, 4) is 0 Å². The Morgan fingerprint density at radius 2 is 2.21 bits per heavy atom. The van der Waals surface area contributed by atoms with Gasteiger partial charge in [-0.05, 0) is 43.8 Å². The number of hydrogen-bond donors (Lipinski definition) is 2. The molecule has 2 unspecified atom stereocenters. The highest BCUT2D eigenvalue weighted by molar-refractivity contribution is 5.76. The minimum Gasteiger partial charge on any atom is -0.349 e. The van der Waals surface area contributed by atoms with E-state index in [1.807, 2.05) is 18.2 Å². The van der Waals surface area contributed by atoms with Crippen molar-refractivity contribution < 1.29 is 4.79 Å². The van der Waals surface area contributed by atoms with Crippen LogP contribution in [-0.4, -0.2) is 19.0 Å². The molecule has 1 fully saturated rings. The number of benzene rings is 1. The van der Waals surface area contributed by atoms with Crippen LogP contribution in [0.4, 0.5) is 0 Å². The summed E-state index contributed by atoms with van der Waals surface area (Å²) in [5.41, 5.74) is 1.20. The fourth-order valence-electron chi connectivity index (χ4n) is 2.67. The van der Waals surface area contributed by atoms with E-state index < -0.39 is 0 Å². The third kappa shape index (κ3) is 4.35. The highest BCUT2D eigenvalue weighted by Gasteiger charge is 2.17. The first-order valence-electron chi connectivity index (χ1n) is 7.34. The highest BCUT2D eigenvalue weighted by atomic mass is 16.1. The first-order chi connectivity index (χ1) is 9.29. The quantitative estimate of drug-likeness (QED) is 0.825. The summed E-state index contributed by atoms with van der Waals surface area (Å²) >= 11 is 0. The average molecular weight is 260 g/mol. The average Bonchev–Trinajstić information content (AvgIpc) is 2.97. The molecule has 1 aromatic rings. The van der Waals surface area contributed by atoms with Gasteiger partial charge in [-0.2, -0.15) is 0 Å². The Kier molecular flexibility index (Phi) is 5.40. The highest BCUT2D eigenvalue weighted by Crippen LogP contribution is 2.18. The fraction of sp³-hybridized carbons (Fsp3) is 0.562. The van der Waals surface area contributed by atoms with Crippen LogP contribution in [0.5, 0.6) is 0 Å². The first kappa shape index (κ1) is 14.1. The molecule has 1 heterocycles. The second-order valence-corrected chi connectivity index (χ2v) is 5.34. The van der Waals surface area contributed by atoms with Gasteiger partial charge < -0.3 is 10.6 Å². The van der Waals surface area contributed by atoms with E-state index in [2.05, 4.69) is 29.7 Å². The second kappa shape index (κ2) is 7.29. The normalized spacial score (nSPS) is 20.2. The molecular formula is C16H24N2O. The molecule has 0 spiro atoms. The van der Waals surface area contributed by atoms with Crippen LogP contribution in [0, 0.1) is 5.92 Å². The molecule has 1 aliphatic rings. The van der Waals surface area contributed by atoms with Crippen LogP contribution in [0.15, 0.2) is 30.3 Å². The van der Waals surface area contributed by atoms with Crippen LogP contribution in [0.1, 0.15) is 44.2 Å². The maximum atomic E-state index is 12.0. The van der Waals surface area contributed by atoms with Crippen molar-refractivity contribution in [2.75, 3.05) is 13.1 Å². The number of rotatable bonds is 6. The molecule has 0 aliphatic carbocycles. The summed E-state index contributed by atoms with van der Waals surface area (Å²) in [6.07, 6.45) is 3.80. The number of amides is 1. The molecular weight excluding hydrogens is 236 g/mol. The van der Waals surface area contributed by atoms with Gasteiger partial charge in [0, 0.05) is 6.42 Å². The predicted octanol–water partition coefficient (Wildman–Crippen LogP) is 2.64. The Balaban J connectivity index is 1.79.